The number of ether oxygens (including phenoxy) is 1. The summed E-state index contributed by atoms with van der Waals surface area (Å²) in [6.07, 6.45) is 4.24. The van der Waals surface area contributed by atoms with Gasteiger partial charge in [-0.3, -0.25) is 9.59 Å². The molecule has 0 bridgehead atoms. The summed E-state index contributed by atoms with van der Waals surface area (Å²) >= 11 is 0. The maximum atomic E-state index is 12.0. The molecule has 0 aromatic rings. The second-order valence-corrected chi connectivity index (χ2v) is 7.50. The van der Waals surface area contributed by atoms with Gasteiger partial charge in [0.1, 0.15) is 17.3 Å². The van der Waals surface area contributed by atoms with Crippen LogP contribution in [0.1, 0.15) is 48.0 Å². The highest BCUT2D eigenvalue weighted by molar-refractivity contribution is 5.98. The first-order valence-electron chi connectivity index (χ1n) is 7.51. The van der Waals surface area contributed by atoms with Crippen molar-refractivity contribution in [1.29, 1.82) is 0 Å². The minimum Gasteiger partial charge on any atom is -0.459 e. The minimum atomic E-state index is -0.741. The number of aliphatic hydroxyl groups excluding tert-OH is 1. The Bertz CT molecular complexity index is 429. The number of allylic oxidation sites excluding steroid dienone is 2. The van der Waals surface area contributed by atoms with Crippen LogP contribution >= 0.6 is 0 Å². The molecule has 120 valence electrons. The molecule has 1 saturated carbocycles. The summed E-state index contributed by atoms with van der Waals surface area (Å²) < 4.78 is 5.28. The Balaban J connectivity index is 2.61. The predicted octanol–water partition coefficient (Wildman–Crippen LogP) is 2.74. The van der Waals surface area contributed by atoms with Crippen molar-refractivity contribution in [2.75, 3.05) is 6.61 Å². The second kappa shape index (κ2) is 6.30. The third kappa shape index (κ3) is 4.67. The molecule has 21 heavy (non-hydrogen) atoms. The number of carbonyl (C=O) groups is 2. The van der Waals surface area contributed by atoms with Crippen molar-refractivity contribution in [3.8, 4) is 0 Å². The van der Waals surface area contributed by atoms with Gasteiger partial charge in [-0.15, -0.1) is 0 Å². The van der Waals surface area contributed by atoms with E-state index in [1.807, 2.05) is 12.2 Å². The molecule has 1 N–H and O–H groups in total. The molecule has 1 aliphatic carbocycles. The largest absolute Gasteiger partial charge is 0.459 e. The van der Waals surface area contributed by atoms with Crippen molar-refractivity contribution in [1.82, 2.24) is 0 Å². The Hall–Kier alpha value is -1.16. The number of aliphatic hydroxyl groups is 1. The molecule has 4 heteroatoms. The number of ketones is 1. The Morgan fingerprint density at radius 1 is 1.33 bits per heavy atom. The third-order valence-electron chi connectivity index (χ3n) is 4.23. The molecular weight excluding hydrogens is 268 g/mol. The molecule has 0 aromatic carbocycles. The van der Waals surface area contributed by atoms with Crippen molar-refractivity contribution in [3.05, 3.63) is 12.2 Å². The van der Waals surface area contributed by atoms with E-state index in [-0.39, 0.29) is 23.7 Å². The van der Waals surface area contributed by atoms with Gasteiger partial charge in [-0.25, -0.2) is 0 Å². The molecule has 4 nitrogen and oxygen atoms in total. The zero-order valence-electron chi connectivity index (χ0n) is 14.0. The van der Waals surface area contributed by atoms with Crippen LogP contribution in [-0.4, -0.2) is 29.1 Å². The van der Waals surface area contributed by atoms with E-state index in [4.69, 9.17) is 4.74 Å². The normalized spacial score (nSPS) is 25.7. The van der Waals surface area contributed by atoms with Gasteiger partial charge >= 0.3 is 5.97 Å². The first kappa shape index (κ1) is 17.9. The lowest BCUT2D eigenvalue weighted by molar-refractivity contribution is -0.161. The number of hydrogen-bond acceptors (Lipinski definition) is 4. The van der Waals surface area contributed by atoms with E-state index in [2.05, 4.69) is 13.8 Å². The quantitative estimate of drug-likeness (QED) is 0.465. The van der Waals surface area contributed by atoms with Crippen molar-refractivity contribution in [2.24, 2.45) is 23.2 Å². The lowest BCUT2D eigenvalue weighted by Gasteiger charge is -2.22. The molecule has 0 amide bonds. The number of hydrogen-bond donors (Lipinski definition) is 1. The van der Waals surface area contributed by atoms with Crippen LogP contribution < -0.4 is 0 Å². The SMILES string of the molecule is CC(=O)C(C/C=C/[C@H]1[C@@H](CO)C1(C)C)C(=O)OC(C)(C)C. The van der Waals surface area contributed by atoms with Gasteiger partial charge in [-0.2, -0.15) is 0 Å². The van der Waals surface area contributed by atoms with Crippen LogP contribution in [0.5, 0.6) is 0 Å². The highest BCUT2D eigenvalue weighted by Crippen LogP contribution is 2.58. The Kier molecular flexibility index (Phi) is 5.37. The Labute approximate surface area is 127 Å². The molecule has 0 aromatic heterocycles. The van der Waals surface area contributed by atoms with Gasteiger partial charge in [0.25, 0.3) is 0 Å². The van der Waals surface area contributed by atoms with E-state index in [0.717, 1.165) is 0 Å². The zero-order valence-corrected chi connectivity index (χ0v) is 14.0. The van der Waals surface area contributed by atoms with Crippen LogP contribution in [0.15, 0.2) is 12.2 Å². The average Bonchev–Trinajstić information content (AvgIpc) is 2.82. The summed E-state index contributed by atoms with van der Waals surface area (Å²) in [4.78, 5) is 23.7. The van der Waals surface area contributed by atoms with Crippen molar-refractivity contribution < 1.29 is 19.4 Å². The molecule has 0 spiro atoms. The van der Waals surface area contributed by atoms with Gasteiger partial charge < -0.3 is 9.84 Å². The van der Waals surface area contributed by atoms with Gasteiger partial charge in [0, 0.05) is 6.61 Å². The van der Waals surface area contributed by atoms with E-state index >= 15 is 0 Å². The minimum absolute atomic E-state index is 0.100. The van der Waals surface area contributed by atoms with Gasteiger partial charge in [0.05, 0.1) is 0 Å². The smallest absolute Gasteiger partial charge is 0.317 e. The highest BCUT2D eigenvalue weighted by atomic mass is 16.6. The van der Waals surface area contributed by atoms with E-state index in [0.29, 0.717) is 12.3 Å². The van der Waals surface area contributed by atoms with Crippen LogP contribution in [0.25, 0.3) is 0 Å². The first-order chi connectivity index (χ1) is 9.50. The second-order valence-electron chi connectivity index (χ2n) is 7.50. The molecule has 1 rings (SSSR count). The van der Waals surface area contributed by atoms with Crippen molar-refractivity contribution in [2.45, 2.75) is 53.6 Å². The molecule has 0 saturated heterocycles. The topological polar surface area (TPSA) is 63.6 Å². The Morgan fingerprint density at radius 2 is 1.90 bits per heavy atom. The first-order valence-corrected chi connectivity index (χ1v) is 7.51. The van der Waals surface area contributed by atoms with Crippen LogP contribution in [-0.2, 0) is 14.3 Å². The summed E-state index contributed by atoms with van der Waals surface area (Å²) in [5.74, 6) is -0.800. The summed E-state index contributed by atoms with van der Waals surface area (Å²) in [6, 6.07) is 0. The Morgan fingerprint density at radius 3 is 2.29 bits per heavy atom. The molecule has 1 aliphatic rings. The molecular formula is C17H28O4. The standard InChI is InChI=1S/C17H28O4/c1-11(19)12(15(20)21-16(2,3)4)8-7-9-13-14(10-18)17(13,5)6/h7,9,12-14,18H,8,10H2,1-6H3/b9-7+/t12?,13-,14+/m0/s1. The predicted molar refractivity (Wildman–Crippen MR) is 81.6 cm³/mol. The van der Waals surface area contributed by atoms with Gasteiger partial charge in [-0.1, -0.05) is 26.0 Å². The van der Waals surface area contributed by atoms with Gasteiger partial charge in [-0.05, 0) is 51.4 Å². The van der Waals surface area contributed by atoms with Crippen LogP contribution in [0.2, 0.25) is 0 Å². The van der Waals surface area contributed by atoms with Crippen LogP contribution in [0, 0.1) is 23.2 Å². The molecule has 1 fully saturated rings. The van der Waals surface area contributed by atoms with Crippen LogP contribution in [0.3, 0.4) is 0 Å². The molecule has 0 heterocycles. The fraction of sp³-hybridized carbons (Fsp3) is 0.765. The lowest BCUT2D eigenvalue weighted by atomic mass is 10.00. The van der Waals surface area contributed by atoms with Crippen LogP contribution in [0.4, 0.5) is 0 Å². The number of esters is 1. The summed E-state index contributed by atoms with van der Waals surface area (Å²) in [5.41, 5.74) is -0.488. The summed E-state index contributed by atoms with van der Waals surface area (Å²) in [6.45, 7) is 11.2. The van der Waals surface area contributed by atoms with Crippen molar-refractivity contribution >= 4 is 11.8 Å². The summed E-state index contributed by atoms with van der Waals surface area (Å²) in [5, 5.41) is 9.26. The number of rotatable bonds is 6. The zero-order chi connectivity index (χ0) is 16.4. The fourth-order valence-corrected chi connectivity index (χ4v) is 2.68. The molecule has 1 unspecified atom stereocenters. The summed E-state index contributed by atoms with van der Waals surface area (Å²) in [7, 11) is 0. The average molecular weight is 296 g/mol. The van der Waals surface area contributed by atoms with Gasteiger partial charge in [0.15, 0.2) is 0 Å². The maximum absolute atomic E-state index is 12.0. The van der Waals surface area contributed by atoms with Gasteiger partial charge in [0.2, 0.25) is 0 Å². The monoisotopic (exact) mass is 296 g/mol. The van der Waals surface area contributed by atoms with E-state index < -0.39 is 17.5 Å². The molecule has 0 radical (unpaired) electrons. The number of carbonyl (C=O) groups excluding carboxylic acids is 2. The van der Waals surface area contributed by atoms with Crippen molar-refractivity contribution in [3.63, 3.8) is 0 Å². The van der Waals surface area contributed by atoms with E-state index in [9.17, 15) is 14.7 Å². The highest BCUT2D eigenvalue weighted by Gasteiger charge is 2.55. The van der Waals surface area contributed by atoms with E-state index in [1.54, 1.807) is 20.8 Å². The fourth-order valence-electron chi connectivity index (χ4n) is 2.68. The van der Waals surface area contributed by atoms with E-state index in [1.165, 1.54) is 6.92 Å². The molecule has 3 atom stereocenters. The maximum Gasteiger partial charge on any atom is 0.317 e. The lowest BCUT2D eigenvalue weighted by Crippen LogP contribution is -2.31. The number of Topliss-reactive ketones (excluding diaryl/α,β-unsaturated/α-hetero) is 1. The molecule has 0 aliphatic heterocycles. The third-order valence-corrected chi connectivity index (χ3v) is 4.23.